The number of likely N-dealkylation sites (N-methyl/N-ethyl adjacent to an activating group) is 1. The Hall–Kier alpha value is -1.66. The summed E-state index contributed by atoms with van der Waals surface area (Å²) in [5.41, 5.74) is -7.00. The predicted octanol–water partition coefficient (Wildman–Crippen LogP) is 5.14. The third kappa shape index (κ3) is 5.39. The van der Waals surface area contributed by atoms with Gasteiger partial charge in [0.2, 0.25) is 0 Å². The molecule has 9 aliphatic rings. The highest BCUT2D eigenvalue weighted by Crippen LogP contribution is 2.78. The minimum atomic E-state index is -2.11. The minimum Gasteiger partial charge on any atom is -0.447 e. The third-order valence-corrected chi connectivity index (χ3v) is 19.5. The lowest BCUT2D eigenvalue weighted by Crippen LogP contribution is -2.86. The fraction of sp³-hybridized carbons (Fsp3) is 0.875. The van der Waals surface area contributed by atoms with Gasteiger partial charge in [-0.2, -0.15) is 0 Å². The first-order chi connectivity index (χ1) is 27.8. The van der Waals surface area contributed by atoms with Crippen LogP contribution in [0.15, 0.2) is 23.3 Å². The van der Waals surface area contributed by atoms with Crippen molar-refractivity contribution in [1.29, 1.82) is 0 Å². The van der Waals surface area contributed by atoms with Crippen molar-refractivity contribution in [3.05, 3.63) is 23.3 Å². The number of carbonyl (C=O) groups excluding carboxylic acids is 2. The molecule has 1 heterocycles. The van der Waals surface area contributed by atoms with E-state index < -0.39 is 63.2 Å². The molecule has 0 aromatic carbocycles. The summed E-state index contributed by atoms with van der Waals surface area (Å²) in [7, 11) is 1.92. The van der Waals surface area contributed by atoms with E-state index in [-0.39, 0.29) is 42.5 Å². The number of hydrogen-bond donors (Lipinski definition) is 7. The van der Waals surface area contributed by atoms with Crippen molar-refractivity contribution in [2.24, 2.45) is 64.1 Å². The first-order valence-corrected chi connectivity index (χ1v) is 23.8. The van der Waals surface area contributed by atoms with Gasteiger partial charge in [0.15, 0.2) is 5.60 Å². The van der Waals surface area contributed by atoms with Crippen LogP contribution in [0.3, 0.4) is 0 Å². The van der Waals surface area contributed by atoms with Crippen molar-refractivity contribution in [1.82, 2.24) is 10.6 Å². The van der Waals surface area contributed by atoms with Crippen LogP contribution >= 0.6 is 0 Å². The second kappa shape index (κ2) is 15.0. The molecule has 0 saturated heterocycles. The van der Waals surface area contributed by atoms with Crippen molar-refractivity contribution in [2.75, 3.05) is 26.7 Å². The lowest BCUT2D eigenvalue weighted by atomic mass is 9.34. The molecule has 2 bridgehead atoms. The number of unbranched alkanes of at least 4 members (excludes halogenated alkanes) is 2. The van der Waals surface area contributed by atoms with E-state index in [4.69, 9.17) is 4.74 Å². The number of fused-ring (bicyclic) bond motifs is 3. The van der Waals surface area contributed by atoms with Crippen molar-refractivity contribution in [3.8, 4) is 0 Å². The number of nitrogens with one attached hydrogen (secondary N) is 2. The normalized spacial score (nSPS) is 49.9. The zero-order valence-electron chi connectivity index (χ0n) is 35.6. The topological polar surface area (TPSA) is 169 Å². The minimum absolute atomic E-state index is 0.140. The molecule has 58 heavy (non-hydrogen) atoms. The summed E-state index contributed by atoms with van der Waals surface area (Å²) in [6.45, 7) is 6.54. The largest absolute Gasteiger partial charge is 0.447 e. The van der Waals surface area contributed by atoms with Crippen LogP contribution in [0.25, 0.3) is 0 Å². The number of aliphatic hydroxyl groups is 5. The number of carbonyl (C=O) groups is 2. The van der Waals surface area contributed by atoms with Gasteiger partial charge in [-0.25, -0.2) is 4.79 Å². The van der Waals surface area contributed by atoms with Crippen LogP contribution in [0.2, 0.25) is 0 Å². The number of ether oxygens (including phenoxy) is 1. The van der Waals surface area contributed by atoms with E-state index in [1.54, 1.807) is 6.08 Å². The Bertz CT molecular complexity index is 1660. The highest BCUT2D eigenvalue weighted by Gasteiger charge is 2.86. The zero-order valence-corrected chi connectivity index (χ0v) is 35.6. The fourth-order valence-electron chi connectivity index (χ4n) is 17.0. The lowest BCUT2D eigenvalue weighted by molar-refractivity contribution is -0.379. The van der Waals surface area contributed by atoms with E-state index in [9.17, 15) is 35.1 Å². The van der Waals surface area contributed by atoms with Crippen LogP contribution in [-0.2, 0) is 14.3 Å². The van der Waals surface area contributed by atoms with Crippen LogP contribution < -0.4 is 10.6 Å². The summed E-state index contributed by atoms with van der Waals surface area (Å²) in [5, 5.41) is 74.5. The Kier molecular flexibility index (Phi) is 10.8. The van der Waals surface area contributed by atoms with E-state index >= 15 is 0 Å². The average molecular weight is 807 g/mol. The molecule has 0 aromatic heterocycles. The summed E-state index contributed by atoms with van der Waals surface area (Å²) in [6.07, 6.45) is 16.9. The van der Waals surface area contributed by atoms with Crippen LogP contribution in [0, 0.1) is 64.1 Å². The molecule has 0 radical (unpaired) electrons. The fourth-order valence-corrected chi connectivity index (χ4v) is 17.0. The molecule has 7 fully saturated rings. The van der Waals surface area contributed by atoms with Gasteiger partial charge in [0.1, 0.15) is 17.5 Å². The van der Waals surface area contributed by atoms with Gasteiger partial charge in [-0.3, -0.25) is 0 Å². The summed E-state index contributed by atoms with van der Waals surface area (Å²) in [5.74, 6) is -2.50. The number of esters is 1. The molecule has 1 aliphatic heterocycles. The molecule has 7 N–H and O–H groups in total. The molecule has 7 saturated carbocycles. The zero-order chi connectivity index (χ0) is 40.9. The molecular formula is C48H74N2O8. The number of aldehydes is 1. The Labute approximate surface area is 346 Å². The number of hydrogen-bond acceptors (Lipinski definition) is 10. The van der Waals surface area contributed by atoms with E-state index in [0.717, 1.165) is 75.5 Å². The van der Waals surface area contributed by atoms with Gasteiger partial charge in [-0.15, -0.1) is 0 Å². The van der Waals surface area contributed by atoms with Crippen LogP contribution in [-0.4, -0.2) is 99.1 Å². The first-order valence-electron chi connectivity index (χ1n) is 23.8. The van der Waals surface area contributed by atoms with Crippen molar-refractivity contribution in [3.63, 3.8) is 0 Å². The Morgan fingerprint density at radius 2 is 1.69 bits per heavy atom. The molecule has 9 rings (SSSR count). The standard InChI is InChI=1S/C48H74N2O8/c1-4-5-6-13-32-25-44(28-51)38-16-19-43-17-9-10-18-45-34(27-50-21-20-49-3)22-33(40(43)36(45)24-39(52)58-45)26-46(43,55)48(38,57)42(54)37-23-31(29(2)30-11-7-8-12-30)14-15-35(41(32)53)47(37,44)56/h22,24,28-33,35,37-38,40-42,49-50,53-57H,4-21,23,25-27H2,1-3H3. The number of aliphatic hydroxyl groups excluding tert-OH is 2. The Morgan fingerprint density at radius 1 is 0.914 bits per heavy atom. The summed E-state index contributed by atoms with van der Waals surface area (Å²) >= 11 is 0. The van der Waals surface area contributed by atoms with Gasteiger partial charge < -0.3 is 45.7 Å². The van der Waals surface area contributed by atoms with Gasteiger partial charge in [0.25, 0.3) is 0 Å². The van der Waals surface area contributed by atoms with E-state index in [1.165, 1.54) is 25.7 Å². The van der Waals surface area contributed by atoms with Gasteiger partial charge in [0.05, 0.1) is 23.2 Å². The maximum Gasteiger partial charge on any atom is 0.332 e. The SMILES string of the molecule is CCCCCC1CC2(C=O)C3CCC45CCCCC67OC(=O)C=C6C4C(C=C7CNCCNC)CC5(O)C3(O)C(O)C3CC(C(C)C4CCCC4)CCC(C1O)C32O. The third-order valence-electron chi connectivity index (χ3n) is 19.5. The molecule has 324 valence electrons. The summed E-state index contributed by atoms with van der Waals surface area (Å²) < 4.78 is 6.39. The van der Waals surface area contributed by atoms with Gasteiger partial charge in [0, 0.05) is 48.9 Å². The quantitative estimate of drug-likeness (QED) is 0.0608. The van der Waals surface area contributed by atoms with Crippen molar-refractivity contribution in [2.45, 2.75) is 170 Å². The van der Waals surface area contributed by atoms with Crippen molar-refractivity contribution >= 4 is 12.3 Å². The van der Waals surface area contributed by atoms with E-state index in [1.807, 2.05) is 7.05 Å². The van der Waals surface area contributed by atoms with Crippen LogP contribution in [0.5, 0.6) is 0 Å². The maximum absolute atomic E-state index is 14.5. The molecule has 10 nitrogen and oxygen atoms in total. The molecule has 0 aromatic rings. The molecule has 1 spiro atoms. The maximum atomic E-state index is 14.5. The number of rotatable bonds is 12. The van der Waals surface area contributed by atoms with E-state index in [2.05, 4.69) is 30.6 Å². The predicted molar refractivity (Wildman–Crippen MR) is 220 cm³/mol. The number of allylic oxidation sites excluding steroid dienone is 1. The van der Waals surface area contributed by atoms with Crippen LogP contribution in [0.4, 0.5) is 0 Å². The smallest absolute Gasteiger partial charge is 0.332 e. The molecular weight excluding hydrogens is 733 g/mol. The highest BCUT2D eigenvalue weighted by atomic mass is 16.6. The van der Waals surface area contributed by atoms with Crippen molar-refractivity contribution < 1.29 is 39.9 Å². The van der Waals surface area contributed by atoms with E-state index in [0.29, 0.717) is 56.9 Å². The molecule has 16 atom stereocenters. The molecule has 10 heteroatoms. The Morgan fingerprint density at radius 3 is 2.43 bits per heavy atom. The molecule has 8 aliphatic carbocycles. The molecule has 16 unspecified atom stereocenters. The monoisotopic (exact) mass is 807 g/mol. The highest BCUT2D eigenvalue weighted by molar-refractivity contribution is 5.88. The Balaban J connectivity index is 1.19. The van der Waals surface area contributed by atoms with Gasteiger partial charge in [-0.1, -0.05) is 71.3 Å². The lowest BCUT2D eigenvalue weighted by Gasteiger charge is -2.74. The average Bonchev–Trinajstić information content (AvgIpc) is 3.88. The van der Waals surface area contributed by atoms with Gasteiger partial charge in [-0.05, 0) is 124 Å². The summed E-state index contributed by atoms with van der Waals surface area (Å²) in [6, 6.07) is 0. The first kappa shape index (κ1) is 41.7. The second-order valence-corrected chi connectivity index (χ2v) is 21.4. The molecule has 0 amide bonds. The summed E-state index contributed by atoms with van der Waals surface area (Å²) in [4.78, 5) is 27.9. The van der Waals surface area contributed by atoms with Crippen LogP contribution in [0.1, 0.15) is 136 Å². The second-order valence-electron chi connectivity index (χ2n) is 21.4. The van der Waals surface area contributed by atoms with Gasteiger partial charge >= 0.3 is 5.97 Å².